The molecule has 6 heteroatoms. The first kappa shape index (κ1) is 16.7. The fraction of sp³-hybridized carbons (Fsp3) is 0.133. The minimum Gasteiger partial charge on any atom is -0.324 e. The molecule has 0 radical (unpaired) electrons. The predicted molar refractivity (Wildman–Crippen MR) is 95.4 cm³/mol. The van der Waals surface area contributed by atoms with Crippen molar-refractivity contribution in [1.82, 2.24) is 0 Å². The summed E-state index contributed by atoms with van der Waals surface area (Å²) in [5, 5.41) is 4.10. The molecule has 0 saturated carbocycles. The molecule has 0 atom stereocenters. The van der Waals surface area contributed by atoms with E-state index < -0.39 is 0 Å². The third-order valence-corrected chi connectivity index (χ3v) is 4.91. The Morgan fingerprint density at radius 2 is 1.95 bits per heavy atom. The molecule has 110 valence electrons. The molecule has 0 aliphatic rings. The quantitative estimate of drug-likeness (QED) is 0.699. The van der Waals surface area contributed by atoms with Crippen LogP contribution < -0.4 is 5.32 Å². The molecule has 0 bridgehead atoms. The Kier molecular flexibility index (Phi) is 6.42. The Morgan fingerprint density at radius 1 is 1.19 bits per heavy atom. The van der Waals surface area contributed by atoms with Crippen LogP contribution in [0, 0.1) is 0 Å². The fourth-order valence-electron chi connectivity index (χ4n) is 1.64. The molecule has 0 saturated heterocycles. The molecular weight excluding hydrogens is 393 g/mol. The van der Waals surface area contributed by atoms with Crippen LogP contribution in [0.4, 0.5) is 5.69 Å². The number of anilines is 1. The van der Waals surface area contributed by atoms with E-state index in [4.69, 9.17) is 23.2 Å². The van der Waals surface area contributed by atoms with E-state index >= 15 is 0 Å². The number of carbonyl (C=O) groups excluding carboxylic acids is 1. The van der Waals surface area contributed by atoms with Gasteiger partial charge in [0.05, 0.1) is 11.4 Å². The number of rotatable bonds is 5. The number of nitrogens with one attached hydrogen (secondary N) is 1. The molecule has 2 nitrogen and oxygen atoms in total. The third-order valence-electron chi connectivity index (χ3n) is 2.65. The zero-order valence-corrected chi connectivity index (χ0v) is 14.8. The molecular formula is C15H12BrCl2NOS. The van der Waals surface area contributed by atoms with Crippen molar-refractivity contribution in [2.45, 2.75) is 5.75 Å². The summed E-state index contributed by atoms with van der Waals surface area (Å²) in [6, 6.07) is 12.9. The van der Waals surface area contributed by atoms with Crippen molar-refractivity contribution in [3.8, 4) is 0 Å². The van der Waals surface area contributed by atoms with E-state index in [0.29, 0.717) is 21.6 Å². The van der Waals surface area contributed by atoms with Crippen LogP contribution in [0.25, 0.3) is 0 Å². The van der Waals surface area contributed by atoms with Gasteiger partial charge in [-0.15, -0.1) is 11.8 Å². The van der Waals surface area contributed by atoms with Crippen LogP contribution in [-0.4, -0.2) is 11.7 Å². The lowest BCUT2D eigenvalue weighted by Crippen LogP contribution is -2.14. The Bertz CT molecular complexity index is 651. The van der Waals surface area contributed by atoms with Crippen LogP contribution in [-0.2, 0) is 10.5 Å². The van der Waals surface area contributed by atoms with Gasteiger partial charge in [0.1, 0.15) is 0 Å². The second kappa shape index (κ2) is 8.08. The SMILES string of the molecule is O=C(CSCc1ccc(Cl)cc1Cl)Nc1ccccc1Br. The lowest BCUT2D eigenvalue weighted by atomic mass is 10.2. The molecule has 0 aromatic heterocycles. The average molecular weight is 405 g/mol. The summed E-state index contributed by atoms with van der Waals surface area (Å²) >= 11 is 16.8. The Labute approximate surface area is 146 Å². The Balaban J connectivity index is 1.83. The highest BCUT2D eigenvalue weighted by molar-refractivity contribution is 9.10. The summed E-state index contributed by atoms with van der Waals surface area (Å²) in [5.41, 5.74) is 1.74. The number of thioether (sulfide) groups is 1. The van der Waals surface area contributed by atoms with Crippen LogP contribution >= 0.6 is 50.9 Å². The lowest BCUT2D eigenvalue weighted by Gasteiger charge is -2.08. The molecule has 1 N–H and O–H groups in total. The van der Waals surface area contributed by atoms with Gasteiger partial charge in [-0.05, 0) is 45.8 Å². The van der Waals surface area contributed by atoms with Crippen molar-refractivity contribution in [3.05, 3.63) is 62.5 Å². The van der Waals surface area contributed by atoms with Crippen molar-refractivity contribution in [3.63, 3.8) is 0 Å². The smallest absolute Gasteiger partial charge is 0.234 e. The summed E-state index contributed by atoms with van der Waals surface area (Å²) in [4.78, 5) is 11.9. The van der Waals surface area contributed by atoms with Gasteiger partial charge in [-0.25, -0.2) is 0 Å². The molecule has 21 heavy (non-hydrogen) atoms. The number of para-hydroxylation sites is 1. The number of hydrogen-bond donors (Lipinski definition) is 1. The first-order valence-electron chi connectivity index (χ1n) is 6.12. The number of carbonyl (C=O) groups is 1. The van der Waals surface area contributed by atoms with E-state index in [-0.39, 0.29) is 5.91 Å². The van der Waals surface area contributed by atoms with E-state index in [9.17, 15) is 4.79 Å². The zero-order valence-electron chi connectivity index (χ0n) is 10.9. The van der Waals surface area contributed by atoms with Crippen molar-refractivity contribution in [2.24, 2.45) is 0 Å². The largest absolute Gasteiger partial charge is 0.324 e. The van der Waals surface area contributed by atoms with Gasteiger partial charge in [0.25, 0.3) is 0 Å². The van der Waals surface area contributed by atoms with Crippen molar-refractivity contribution in [1.29, 1.82) is 0 Å². The normalized spacial score (nSPS) is 10.4. The molecule has 0 fully saturated rings. The monoisotopic (exact) mass is 403 g/mol. The van der Waals surface area contributed by atoms with Gasteiger partial charge in [0.2, 0.25) is 5.91 Å². The van der Waals surface area contributed by atoms with E-state index in [0.717, 1.165) is 15.7 Å². The fourth-order valence-corrected chi connectivity index (χ4v) is 3.41. The number of benzene rings is 2. The second-order valence-electron chi connectivity index (χ2n) is 4.26. The van der Waals surface area contributed by atoms with E-state index in [2.05, 4.69) is 21.2 Å². The number of hydrogen-bond acceptors (Lipinski definition) is 2. The first-order valence-corrected chi connectivity index (χ1v) is 8.82. The average Bonchev–Trinajstić information content (AvgIpc) is 2.44. The van der Waals surface area contributed by atoms with Crippen LogP contribution in [0.3, 0.4) is 0 Å². The minimum absolute atomic E-state index is 0.0445. The van der Waals surface area contributed by atoms with Crippen molar-refractivity contribution >= 4 is 62.5 Å². The molecule has 2 aromatic rings. The highest BCUT2D eigenvalue weighted by Gasteiger charge is 2.07. The molecule has 2 aromatic carbocycles. The molecule has 0 aliphatic heterocycles. The van der Waals surface area contributed by atoms with E-state index in [1.54, 1.807) is 12.1 Å². The summed E-state index contributed by atoms with van der Waals surface area (Å²) in [6.07, 6.45) is 0. The van der Waals surface area contributed by atoms with Gasteiger partial charge in [-0.1, -0.05) is 41.4 Å². The molecule has 1 amide bonds. The number of halogens is 3. The topological polar surface area (TPSA) is 29.1 Å². The maximum Gasteiger partial charge on any atom is 0.234 e. The summed E-state index contributed by atoms with van der Waals surface area (Å²) in [6.45, 7) is 0. The van der Waals surface area contributed by atoms with Crippen molar-refractivity contribution in [2.75, 3.05) is 11.1 Å². The Hall–Kier alpha value is -0.680. The summed E-state index contributed by atoms with van der Waals surface area (Å²) < 4.78 is 0.865. The van der Waals surface area contributed by atoms with Crippen LogP contribution in [0.1, 0.15) is 5.56 Å². The molecule has 0 heterocycles. The highest BCUT2D eigenvalue weighted by atomic mass is 79.9. The van der Waals surface area contributed by atoms with Gasteiger partial charge in [0.15, 0.2) is 0 Å². The molecule has 0 spiro atoms. The van der Waals surface area contributed by atoms with Gasteiger partial charge in [0, 0.05) is 20.3 Å². The first-order chi connectivity index (χ1) is 10.1. The van der Waals surface area contributed by atoms with E-state index in [1.165, 1.54) is 11.8 Å². The van der Waals surface area contributed by atoms with Crippen LogP contribution in [0.2, 0.25) is 10.0 Å². The summed E-state index contributed by atoms with van der Waals surface area (Å²) in [7, 11) is 0. The van der Waals surface area contributed by atoms with Crippen molar-refractivity contribution < 1.29 is 4.79 Å². The van der Waals surface area contributed by atoms with E-state index in [1.807, 2.05) is 30.3 Å². The highest BCUT2D eigenvalue weighted by Crippen LogP contribution is 2.25. The molecule has 0 aliphatic carbocycles. The van der Waals surface area contributed by atoms with Gasteiger partial charge in [-0.2, -0.15) is 0 Å². The standard InChI is InChI=1S/C15H12BrCl2NOS/c16-12-3-1-2-4-14(12)19-15(20)9-21-8-10-5-6-11(17)7-13(10)18/h1-7H,8-9H2,(H,19,20). The molecule has 0 unspecified atom stereocenters. The van der Waals surface area contributed by atoms with Gasteiger partial charge < -0.3 is 5.32 Å². The minimum atomic E-state index is -0.0445. The van der Waals surface area contributed by atoms with Crippen LogP contribution in [0.15, 0.2) is 46.9 Å². The molecule has 2 rings (SSSR count). The van der Waals surface area contributed by atoms with Gasteiger partial charge >= 0.3 is 0 Å². The van der Waals surface area contributed by atoms with Gasteiger partial charge in [-0.3, -0.25) is 4.79 Å². The maximum absolute atomic E-state index is 11.9. The lowest BCUT2D eigenvalue weighted by molar-refractivity contribution is -0.113. The Morgan fingerprint density at radius 3 is 2.67 bits per heavy atom. The second-order valence-corrected chi connectivity index (χ2v) is 6.94. The van der Waals surface area contributed by atoms with Crippen LogP contribution in [0.5, 0.6) is 0 Å². The third kappa shape index (κ3) is 5.22. The number of amides is 1. The summed E-state index contributed by atoms with van der Waals surface area (Å²) in [5.74, 6) is 0.983. The predicted octanol–water partition coefficient (Wildman–Crippen LogP) is 5.63. The zero-order chi connectivity index (χ0) is 15.2. The maximum atomic E-state index is 11.9.